The van der Waals surface area contributed by atoms with E-state index in [1.165, 1.54) is 19.2 Å². The summed E-state index contributed by atoms with van der Waals surface area (Å²) >= 11 is 0. The molecule has 0 bridgehead atoms. The fourth-order valence-electron chi connectivity index (χ4n) is 1.99. The van der Waals surface area contributed by atoms with Crippen LogP contribution in [0.2, 0.25) is 0 Å². The van der Waals surface area contributed by atoms with Crippen LogP contribution in [0.15, 0.2) is 18.2 Å². The van der Waals surface area contributed by atoms with Crippen LogP contribution in [0.5, 0.6) is 5.75 Å². The Balaban J connectivity index is 2.57. The lowest BCUT2D eigenvalue weighted by molar-refractivity contribution is 0.0948. The number of nitrogens with one attached hydrogen (secondary N) is 1. The number of amides is 1. The van der Waals surface area contributed by atoms with Gasteiger partial charge in [0.25, 0.3) is 5.91 Å². The largest absolute Gasteiger partial charge is 0.494 e. The highest BCUT2D eigenvalue weighted by Crippen LogP contribution is 2.20. The van der Waals surface area contributed by atoms with Crippen molar-refractivity contribution in [2.24, 2.45) is 11.1 Å². The van der Waals surface area contributed by atoms with Crippen LogP contribution in [0.4, 0.5) is 4.39 Å². The van der Waals surface area contributed by atoms with Crippen LogP contribution in [0, 0.1) is 11.2 Å². The number of nitrogens with two attached hydrogens (primary N) is 1. The second kappa shape index (κ2) is 6.70. The van der Waals surface area contributed by atoms with Gasteiger partial charge in [0.2, 0.25) is 0 Å². The van der Waals surface area contributed by atoms with Crippen molar-refractivity contribution in [1.29, 1.82) is 0 Å². The molecule has 0 radical (unpaired) electrons. The summed E-state index contributed by atoms with van der Waals surface area (Å²) in [6.07, 6.45) is 0.796. The number of halogens is 1. The predicted molar refractivity (Wildman–Crippen MR) is 77.3 cm³/mol. The molecule has 0 fully saturated rings. The number of hydrogen-bond donors (Lipinski definition) is 2. The molecule has 5 heteroatoms. The van der Waals surface area contributed by atoms with E-state index in [0.29, 0.717) is 6.54 Å². The zero-order valence-corrected chi connectivity index (χ0v) is 12.5. The summed E-state index contributed by atoms with van der Waals surface area (Å²) in [5.41, 5.74) is 6.32. The van der Waals surface area contributed by atoms with Gasteiger partial charge in [0.05, 0.1) is 7.11 Å². The maximum Gasteiger partial charge on any atom is 0.251 e. The zero-order valence-electron chi connectivity index (χ0n) is 12.5. The lowest BCUT2D eigenvalue weighted by Crippen LogP contribution is -2.39. The molecule has 0 saturated heterocycles. The summed E-state index contributed by atoms with van der Waals surface area (Å²) in [4.78, 5) is 11.9. The van der Waals surface area contributed by atoms with E-state index in [1.807, 2.05) is 0 Å². The van der Waals surface area contributed by atoms with Crippen LogP contribution in [-0.4, -0.2) is 25.6 Å². The second-order valence-corrected chi connectivity index (χ2v) is 6.08. The zero-order chi connectivity index (χ0) is 15.3. The molecule has 3 N–H and O–H groups in total. The first-order chi connectivity index (χ1) is 9.23. The molecule has 1 aromatic rings. The van der Waals surface area contributed by atoms with Crippen LogP contribution in [0.3, 0.4) is 0 Å². The molecule has 1 amide bonds. The van der Waals surface area contributed by atoms with Crippen molar-refractivity contribution in [3.63, 3.8) is 0 Å². The summed E-state index contributed by atoms with van der Waals surface area (Å²) in [5, 5.41) is 2.71. The molecule has 1 aromatic carbocycles. The van der Waals surface area contributed by atoms with Gasteiger partial charge in [-0.15, -0.1) is 0 Å². The Bertz CT molecular complexity index is 469. The molecule has 0 saturated carbocycles. The van der Waals surface area contributed by atoms with E-state index in [2.05, 4.69) is 26.1 Å². The lowest BCUT2D eigenvalue weighted by atomic mass is 9.88. The van der Waals surface area contributed by atoms with Crippen molar-refractivity contribution in [2.75, 3.05) is 13.7 Å². The molecule has 0 aliphatic carbocycles. The average Bonchev–Trinajstić information content (AvgIpc) is 2.33. The van der Waals surface area contributed by atoms with Gasteiger partial charge < -0.3 is 15.8 Å². The van der Waals surface area contributed by atoms with Crippen molar-refractivity contribution >= 4 is 5.91 Å². The van der Waals surface area contributed by atoms with Crippen LogP contribution >= 0.6 is 0 Å². The Labute approximate surface area is 119 Å². The molecular formula is C15H23FN2O2. The third-order valence-electron chi connectivity index (χ3n) is 2.81. The SMILES string of the molecule is COc1ccc(C(=O)NCC(N)CC(C)(C)C)cc1F. The summed E-state index contributed by atoms with van der Waals surface area (Å²) < 4.78 is 18.3. The molecular weight excluding hydrogens is 259 g/mol. The number of rotatable bonds is 5. The first kappa shape index (κ1) is 16.4. The summed E-state index contributed by atoms with van der Waals surface area (Å²) in [5.74, 6) is -0.777. The monoisotopic (exact) mass is 282 g/mol. The number of methoxy groups -OCH3 is 1. The number of ether oxygens (including phenoxy) is 1. The van der Waals surface area contributed by atoms with Crippen molar-refractivity contribution in [3.8, 4) is 5.75 Å². The third-order valence-corrected chi connectivity index (χ3v) is 2.81. The molecule has 0 aliphatic heterocycles. The molecule has 20 heavy (non-hydrogen) atoms. The van der Waals surface area contributed by atoms with Crippen LogP contribution in [-0.2, 0) is 0 Å². The van der Waals surface area contributed by atoms with E-state index in [9.17, 15) is 9.18 Å². The quantitative estimate of drug-likeness (QED) is 0.871. The van der Waals surface area contributed by atoms with E-state index < -0.39 is 5.82 Å². The van der Waals surface area contributed by atoms with E-state index in [-0.39, 0.29) is 28.7 Å². The number of carbonyl (C=O) groups is 1. The van der Waals surface area contributed by atoms with E-state index in [1.54, 1.807) is 0 Å². The fraction of sp³-hybridized carbons (Fsp3) is 0.533. The van der Waals surface area contributed by atoms with Crippen LogP contribution in [0.1, 0.15) is 37.6 Å². The Morgan fingerprint density at radius 3 is 2.60 bits per heavy atom. The lowest BCUT2D eigenvalue weighted by Gasteiger charge is -2.23. The normalized spacial score (nSPS) is 12.9. The average molecular weight is 282 g/mol. The van der Waals surface area contributed by atoms with Gasteiger partial charge in [-0.1, -0.05) is 20.8 Å². The number of carbonyl (C=O) groups excluding carboxylic acids is 1. The standard InChI is InChI=1S/C15H23FN2O2/c1-15(2,3)8-11(17)9-18-14(19)10-5-6-13(20-4)12(16)7-10/h5-7,11H,8-9,17H2,1-4H3,(H,18,19). The molecule has 0 aliphatic rings. The molecule has 1 rings (SSSR count). The molecule has 0 aromatic heterocycles. The van der Waals surface area contributed by atoms with Crippen LogP contribution in [0.25, 0.3) is 0 Å². The van der Waals surface area contributed by atoms with E-state index in [4.69, 9.17) is 10.5 Å². The fourth-order valence-corrected chi connectivity index (χ4v) is 1.99. The van der Waals surface area contributed by atoms with Gasteiger partial charge in [-0.2, -0.15) is 0 Å². The highest BCUT2D eigenvalue weighted by Gasteiger charge is 2.17. The Morgan fingerprint density at radius 2 is 2.10 bits per heavy atom. The molecule has 4 nitrogen and oxygen atoms in total. The minimum Gasteiger partial charge on any atom is -0.494 e. The summed E-state index contributed by atoms with van der Waals surface area (Å²) in [6.45, 7) is 6.64. The maximum atomic E-state index is 13.5. The minimum absolute atomic E-state index is 0.108. The van der Waals surface area contributed by atoms with Gasteiger partial charge in [-0.25, -0.2) is 4.39 Å². The predicted octanol–water partition coefficient (Wildman–Crippen LogP) is 2.33. The van der Waals surface area contributed by atoms with Crippen molar-refractivity contribution in [2.45, 2.75) is 33.2 Å². The highest BCUT2D eigenvalue weighted by molar-refractivity contribution is 5.94. The van der Waals surface area contributed by atoms with Gasteiger partial charge in [0.15, 0.2) is 11.6 Å². The van der Waals surface area contributed by atoms with Gasteiger partial charge in [-0.05, 0) is 30.0 Å². The molecule has 1 atom stereocenters. The van der Waals surface area contributed by atoms with E-state index >= 15 is 0 Å². The summed E-state index contributed by atoms with van der Waals surface area (Å²) in [7, 11) is 1.38. The van der Waals surface area contributed by atoms with Gasteiger partial charge in [-0.3, -0.25) is 4.79 Å². The topological polar surface area (TPSA) is 64.3 Å². The second-order valence-electron chi connectivity index (χ2n) is 6.08. The smallest absolute Gasteiger partial charge is 0.251 e. The first-order valence-electron chi connectivity index (χ1n) is 6.60. The van der Waals surface area contributed by atoms with Crippen molar-refractivity contribution < 1.29 is 13.9 Å². The first-order valence-corrected chi connectivity index (χ1v) is 6.60. The maximum absolute atomic E-state index is 13.5. The Hall–Kier alpha value is -1.62. The van der Waals surface area contributed by atoms with Gasteiger partial charge >= 0.3 is 0 Å². The minimum atomic E-state index is -0.556. The number of hydrogen-bond acceptors (Lipinski definition) is 3. The molecule has 1 unspecified atom stereocenters. The number of benzene rings is 1. The highest BCUT2D eigenvalue weighted by atomic mass is 19.1. The van der Waals surface area contributed by atoms with Crippen molar-refractivity contribution in [3.05, 3.63) is 29.6 Å². The van der Waals surface area contributed by atoms with Gasteiger partial charge in [0.1, 0.15) is 0 Å². The van der Waals surface area contributed by atoms with Crippen LogP contribution < -0.4 is 15.8 Å². The third kappa shape index (κ3) is 5.17. The summed E-state index contributed by atoms with van der Waals surface area (Å²) in [6, 6.07) is 3.98. The van der Waals surface area contributed by atoms with E-state index in [0.717, 1.165) is 12.5 Å². The molecule has 112 valence electrons. The van der Waals surface area contributed by atoms with Gasteiger partial charge in [0, 0.05) is 18.2 Å². The van der Waals surface area contributed by atoms with Crippen molar-refractivity contribution in [1.82, 2.24) is 5.32 Å². The Kier molecular flexibility index (Phi) is 5.51. The molecule has 0 heterocycles. The Morgan fingerprint density at radius 1 is 1.45 bits per heavy atom. The molecule has 0 spiro atoms.